The number of hydrogen-bond acceptors (Lipinski definition) is 2. The first kappa shape index (κ1) is 17.9. The molecule has 2 fully saturated rings. The van der Waals surface area contributed by atoms with E-state index in [-0.39, 0.29) is 0 Å². The van der Waals surface area contributed by atoms with E-state index < -0.39 is 0 Å². The van der Waals surface area contributed by atoms with Crippen molar-refractivity contribution in [2.75, 3.05) is 40.3 Å². The fourth-order valence-electron chi connectivity index (χ4n) is 2.10. The van der Waals surface area contributed by atoms with Gasteiger partial charge in [-0.15, -0.1) is 0 Å². The molecule has 0 saturated carbocycles. The second kappa shape index (κ2) is 13.4. The highest BCUT2D eigenvalue weighted by Crippen LogP contribution is 2.05. The Bertz CT molecular complexity index is 129. The molecule has 0 spiro atoms. The van der Waals surface area contributed by atoms with Gasteiger partial charge in [-0.3, -0.25) is 0 Å². The Kier molecular flexibility index (Phi) is 13.3. The molecular formula is C16H36N2. The molecule has 0 bridgehead atoms. The molecule has 0 unspecified atom stereocenters. The van der Waals surface area contributed by atoms with Crippen LogP contribution >= 0.6 is 0 Å². The molecule has 0 aromatic heterocycles. The summed E-state index contributed by atoms with van der Waals surface area (Å²) in [6.07, 6.45) is 11.2. The Morgan fingerprint density at radius 2 is 0.833 bits per heavy atom. The summed E-state index contributed by atoms with van der Waals surface area (Å²) in [6.45, 7) is 9.64. The van der Waals surface area contributed by atoms with Gasteiger partial charge in [0.05, 0.1) is 0 Å². The van der Waals surface area contributed by atoms with Crippen molar-refractivity contribution in [3.63, 3.8) is 0 Å². The minimum absolute atomic E-state index is 1.32. The number of unbranched alkanes of at least 4 members (excludes halogenated alkanes) is 1. The van der Waals surface area contributed by atoms with Crippen LogP contribution < -0.4 is 0 Å². The molecule has 2 aliphatic rings. The van der Waals surface area contributed by atoms with Crippen molar-refractivity contribution in [3.8, 4) is 0 Å². The summed E-state index contributed by atoms with van der Waals surface area (Å²) in [5, 5.41) is 0. The standard InChI is InChI=1S/2C6H13N.C4H10/c2*1-7-5-3-2-4-6-7;1-3-4-2/h2*2-6H2,1H3;3-4H2,1-2H3. The molecule has 0 radical (unpaired) electrons. The van der Waals surface area contributed by atoms with Gasteiger partial charge in [0.15, 0.2) is 0 Å². The fourth-order valence-corrected chi connectivity index (χ4v) is 2.10. The topological polar surface area (TPSA) is 6.48 Å². The van der Waals surface area contributed by atoms with Gasteiger partial charge >= 0.3 is 0 Å². The van der Waals surface area contributed by atoms with E-state index in [4.69, 9.17) is 0 Å². The van der Waals surface area contributed by atoms with Crippen molar-refractivity contribution in [3.05, 3.63) is 0 Å². The van der Waals surface area contributed by atoms with E-state index in [1.54, 1.807) is 0 Å². The van der Waals surface area contributed by atoms with Gasteiger partial charge in [-0.1, -0.05) is 39.5 Å². The van der Waals surface area contributed by atoms with Gasteiger partial charge in [0.2, 0.25) is 0 Å². The van der Waals surface area contributed by atoms with Gasteiger partial charge in [-0.05, 0) is 66.0 Å². The highest BCUT2D eigenvalue weighted by Gasteiger charge is 2.02. The zero-order valence-electron chi connectivity index (χ0n) is 13.4. The minimum Gasteiger partial charge on any atom is -0.306 e. The minimum atomic E-state index is 1.32. The van der Waals surface area contributed by atoms with E-state index in [2.05, 4.69) is 37.7 Å². The summed E-state index contributed by atoms with van der Waals surface area (Å²) >= 11 is 0. The number of likely N-dealkylation sites (tertiary alicyclic amines) is 2. The molecule has 2 nitrogen and oxygen atoms in total. The first-order valence-electron chi connectivity index (χ1n) is 8.07. The van der Waals surface area contributed by atoms with Gasteiger partial charge in [0.25, 0.3) is 0 Å². The van der Waals surface area contributed by atoms with Crippen LogP contribution in [0.2, 0.25) is 0 Å². The largest absolute Gasteiger partial charge is 0.306 e. The van der Waals surface area contributed by atoms with Gasteiger partial charge in [0, 0.05) is 0 Å². The predicted molar refractivity (Wildman–Crippen MR) is 83.3 cm³/mol. The Morgan fingerprint density at radius 1 is 0.556 bits per heavy atom. The maximum Gasteiger partial charge on any atom is -0.00218 e. The molecule has 0 aromatic rings. The normalized spacial score (nSPS) is 21.3. The monoisotopic (exact) mass is 256 g/mol. The van der Waals surface area contributed by atoms with Crippen LogP contribution in [0.3, 0.4) is 0 Å². The first-order chi connectivity index (χ1) is 8.70. The third kappa shape index (κ3) is 12.4. The van der Waals surface area contributed by atoms with Crippen LogP contribution in [0.5, 0.6) is 0 Å². The molecule has 2 heterocycles. The molecule has 110 valence electrons. The number of nitrogens with zero attached hydrogens (tertiary/aromatic N) is 2. The molecule has 18 heavy (non-hydrogen) atoms. The third-order valence-electron chi connectivity index (χ3n) is 3.66. The van der Waals surface area contributed by atoms with Crippen molar-refractivity contribution < 1.29 is 0 Å². The zero-order valence-corrected chi connectivity index (χ0v) is 13.4. The smallest absolute Gasteiger partial charge is 0.00218 e. The summed E-state index contributed by atoms with van der Waals surface area (Å²) < 4.78 is 0. The highest BCUT2D eigenvalue weighted by molar-refractivity contribution is 4.58. The van der Waals surface area contributed by atoms with E-state index in [0.29, 0.717) is 0 Å². The Labute approximate surface area is 116 Å². The van der Waals surface area contributed by atoms with E-state index in [9.17, 15) is 0 Å². The summed E-state index contributed by atoms with van der Waals surface area (Å²) in [6, 6.07) is 0. The Morgan fingerprint density at radius 3 is 0.944 bits per heavy atom. The first-order valence-corrected chi connectivity index (χ1v) is 8.07. The van der Waals surface area contributed by atoms with Crippen LogP contribution in [0.1, 0.15) is 65.2 Å². The lowest BCUT2D eigenvalue weighted by Gasteiger charge is -2.20. The van der Waals surface area contributed by atoms with Crippen LogP contribution in [0.15, 0.2) is 0 Å². The number of piperidine rings is 2. The molecule has 0 N–H and O–H groups in total. The van der Waals surface area contributed by atoms with Crippen molar-refractivity contribution >= 4 is 0 Å². The third-order valence-corrected chi connectivity index (χ3v) is 3.66. The molecular weight excluding hydrogens is 220 g/mol. The second-order valence-electron chi connectivity index (χ2n) is 5.73. The van der Waals surface area contributed by atoms with Gasteiger partial charge in [-0.2, -0.15) is 0 Å². The lowest BCUT2D eigenvalue weighted by Crippen LogP contribution is -2.24. The van der Waals surface area contributed by atoms with Crippen molar-refractivity contribution in [1.82, 2.24) is 9.80 Å². The Hall–Kier alpha value is -0.0800. The van der Waals surface area contributed by atoms with Crippen molar-refractivity contribution in [1.29, 1.82) is 0 Å². The maximum absolute atomic E-state index is 2.39. The van der Waals surface area contributed by atoms with Crippen LogP contribution in [0.25, 0.3) is 0 Å². The van der Waals surface area contributed by atoms with Crippen LogP contribution in [-0.2, 0) is 0 Å². The average Bonchev–Trinajstić information content (AvgIpc) is 2.41. The van der Waals surface area contributed by atoms with Crippen molar-refractivity contribution in [2.24, 2.45) is 0 Å². The average molecular weight is 256 g/mol. The van der Waals surface area contributed by atoms with Gasteiger partial charge < -0.3 is 9.80 Å². The molecule has 2 aliphatic heterocycles. The quantitative estimate of drug-likeness (QED) is 0.699. The van der Waals surface area contributed by atoms with Crippen LogP contribution in [0.4, 0.5) is 0 Å². The Balaban J connectivity index is 0.000000253. The van der Waals surface area contributed by atoms with Crippen LogP contribution in [0, 0.1) is 0 Å². The summed E-state index contributed by atoms with van der Waals surface area (Å²) in [4.78, 5) is 4.78. The summed E-state index contributed by atoms with van der Waals surface area (Å²) in [7, 11) is 4.39. The lowest BCUT2D eigenvalue weighted by atomic mass is 10.1. The molecule has 2 saturated heterocycles. The summed E-state index contributed by atoms with van der Waals surface area (Å²) in [5.41, 5.74) is 0. The SMILES string of the molecule is CCCC.CN1CCCCC1.CN1CCCCC1. The van der Waals surface area contributed by atoms with E-state index >= 15 is 0 Å². The second-order valence-corrected chi connectivity index (χ2v) is 5.73. The molecule has 2 rings (SSSR count). The number of rotatable bonds is 1. The predicted octanol–water partition coefficient (Wildman–Crippen LogP) is 4.01. The fraction of sp³-hybridized carbons (Fsp3) is 1.00. The molecule has 0 aromatic carbocycles. The van der Waals surface area contributed by atoms with Crippen molar-refractivity contribution in [2.45, 2.75) is 65.2 Å². The molecule has 0 amide bonds. The van der Waals surface area contributed by atoms with Gasteiger partial charge in [-0.25, -0.2) is 0 Å². The van der Waals surface area contributed by atoms with Gasteiger partial charge in [0.1, 0.15) is 0 Å². The van der Waals surface area contributed by atoms with E-state index in [1.165, 1.54) is 77.5 Å². The zero-order chi connectivity index (χ0) is 13.6. The van der Waals surface area contributed by atoms with E-state index in [1.807, 2.05) is 0 Å². The number of hydrogen-bond donors (Lipinski definition) is 0. The van der Waals surface area contributed by atoms with E-state index in [0.717, 1.165) is 0 Å². The summed E-state index contributed by atoms with van der Waals surface area (Å²) in [5.74, 6) is 0. The maximum atomic E-state index is 2.39. The molecule has 0 aliphatic carbocycles. The molecule has 0 atom stereocenters. The van der Waals surface area contributed by atoms with Crippen LogP contribution in [-0.4, -0.2) is 50.1 Å². The lowest BCUT2D eigenvalue weighted by molar-refractivity contribution is 0.277. The molecule has 2 heteroatoms. The highest BCUT2D eigenvalue weighted by atomic mass is 15.1.